The zero-order valence-electron chi connectivity index (χ0n) is 18.2. The minimum atomic E-state index is -0.609. The molecule has 0 saturated carbocycles. The Morgan fingerprint density at radius 2 is 1.67 bits per heavy atom. The molecule has 0 saturated heterocycles. The predicted molar refractivity (Wildman–Crippen MR) is 116 cm³/mol. The number of rotatable bonds is 8. The van der Waals surface area contributed by atoms with Gasteiger partial charge in [0, 0.05) is 23.7 Å². The first kappa shape index (κ1) is 23.0. The molecule has 0 aromatic heterocycles. The van der Waals surface area contributed by atoms with Crippen molar-refractivity contribution >= 4 is 18.0 Å². The third-order valence-corrected chi connectivity index (χ3v) is 4.46. The lowest BCUT2D eigenvalue weighted by molar-refractivity contribution is -0.151. The van der Waals surface area contributed by atoms with E-state index in [0.29, 0.717) is 23.6 Å². The van der Waals surface area contributed by atoms with Crippen molar-refractivity contribution in [2.45, 2.75) is 32.9 Å². The first-order chi connectivity index (χ1) is 14.3. The summed E-state index contributed by atoms with van der Waals surface area (Å²) < 4.78 is 15.8. The summed E-state index contributed by atoms with van der Waals surface area (Å²) in [4.78, 5) is 26.6. The van der Waals surface area contributed by atoms with Gasteiger partial charge in [-0.15, -0.1) is 0 Å². The highest BCUT2D eigenvalue weighted by Crippen LogP contribution is 2.31. The second kappa shape index (κ2) is 10.5. The molecule has 30 heavy (non-hydrogen) atoms. The minimum Gasteiger partial charge on any atom is -0.493 e. The van der Waals surface area contributed by atoms with Crippen molar-refractivity contribution in [3.05, 3.63) is 65.7 Å². The van der Waals surface area contributed by atoms with Gasteiger partial charge in [0.1, 0.15) is 0 Å². The van der Waals surface area contributed by atoms with E-state index in [-0.39, 0.29) is 12.5 Å². The number of hydrogen-bond donors (Lipinski definition) is 0. The molecule has 0 aliphatic rings. The molecule has 0 unspecified atom stereocenters. The van der Waals surface area contributed by atoms with Crippen LogP contribution in [-0.2, 0) is 20.9 Å². The Labute approximate surface area is 178 Å². The average Bonchev–Trinajstić information content (AvgIpc) is 2.73. The monoisotopic (exact) mass is 411 g/mol. The number of para-hydroxylation sites is 1. The Balaban J connectivity index is 2.02. The molecule has 6 nitrogen and oxygen atoms in total. The lowest BCUT2D eigenvalue weighted by Gasteiger charge is -2.35. The van der Waals surface area contributed by atoms with Crippen molar-refractivity contribution in [1.29, 1.82) is 0 Å². The molecular weight excluding hydrogens is 382 g/mol. The van der Waals surface area contributed by atoms with Crippen LogP contribution in [0.1, 0.15) is 31.9 Å². The summed E-state index contributed by atoms with van der Waals surface area (Å²) in [6, 6.07) is 15.1. The molecule has 2 aromatic rings. The zero-order chi connectivity index (χ0) is 22.1. The van der Waals surface area contributed by atoms with E-state index < -0.39 is 11.5 Å². The van der Waals surface area contributed by atoms with E-state index in [2.05, 4.69) is 0 Å². The van der Waals surface area contributed by atoms with Gasteiger partial charge in [-0.2, -0.15) is 0 Å². The van der Waals surface area contributed by atoms with Gasteiger partial charge in [-0.3, -0.25) is 4.79 Å². The number of hydrogen-bond acceptors (Lipinski definition) is 5. The Morgan fingerprint density at radius 1 is 0.967 bits per heavy atom. The summed E-state index contributed by atoms with van der Waals surface area (Å²) in [5.74, 6) is 0.209. The number of esters is 1. The topological polar surface area (TPSA) is 65.1 Å². The van der Waals surface area contributed by atoms with E-state index in [1.54, 1.807) is 36.3 Å². The van der Waals surface area contributed by atoms with Crippen LogP contribution in [0.2, 0.25) is 0 Å². The fourth-order valence-corrected chi connectivity index (χ4v) is 2.93. The van der Waals surface area contributed by atoms with Crippen LogP contribution in [0.15, 0.2) is 54.6 Å². The highest BCUT2D eigenvalue weighted by Gasteiger charge is 2.27. The second-order valence-electron chi connectivity index (χ2n) is 7.66. The van der Waals surface area contributed by atoms with Gasteiger partial charge in [-0.05, 0) is 38.5 Å². The lowest BCUT2D eigenvalue weighted by atomic mass is 10.0. The molecule has 2 aromatic carbocycles. The number of nitrogens with zero attached hydrogens (tertiary/aromatic N) is 1. The smallest absolute Gasteiger partial charge is 0.331 e. The third-order valence-electron chi connectivity index (χ3n) is 4.46. The number of ether oxygens (including phenoxy) is 3. The molecule has 0 heterocycles. The normalized spacial score (nSPS) is 11.2. The molecule has 0 aliphatic carbocycles. The quantitative estimate of drug-likeness (QED) is 0.484. The van der Waals surface area contributed by atoms with Gasteiger partial charge < -0.3 is 19.1 Å². The summed E-state index contributed by atoms with van der Waals surface area (Å²) in [6.45, 7) is 5.96. The number of carbonyl (C=O) groups excluding carboxylic acids is 2. The van der Waals surface area contributed by atoms with E-state index >= 15 is 0 Å². The van der Waals surface area contributed by atoms with E-state index in [9.17, 15) is 9.59 Å². The van der Waals surface area contributed by atoms with Crippen LogP contribution in [0.3, 0.4) is 0 Å². The predicted octanol–water partition coefficient (Wildman–Crippen LogP) is 4.09. The van der Waals surface area contributed by atoms with Crippen LogP contribution in [0.25, 0.3) is 6.08 Å². The molecule has 6 heteroatoms. The van der Waals surface area contributed by atoms with Gasteiger partial charge in [0.15, 0.2) is 18.1 Å². The lowest BCUT2D eigenvalue weighted by Crippen LogP contribution is -2.46. The van der Waals surface area contributed by atoms with Gasteiger partial charge in [-0.25, -0.2) is 4.79 Å². The van der Waals surface area contributed by atoms with Gasteiger partial charge >= 0.3 is 5.97 Å². The third kappa shape index (κ3) is 6.37. The highest BCUT2D eigenvalue weighted by atomic mass is 16.5. The van der Waals surface area contributed by atoms with E-state index in [4.69, 9.17) is 14.2 Å². The summed E-state index contributed by atoms with van der Waals surface area (Å²) in [5, 5.41) is 0. The summed E-state index contributed by atoms with van der Waals surface area (Å²) in [7, 11) is 3.07. The molecule has 0 spiro atoms. The summed E-state index contributed by atoms with van der Waals surface area (Å²) in [6.07, 6.45) is 2.84. The molecule has 0 fully saturated rings. The van der Waals surface area contributed by atoms with E-state index in [0.717, 1.165) is 5.56 Å². The standard InChI is InChI=1S/C24H29NO5/c1-24(2,3)25(16-18-10-7-6-8-11-18)21(26)17-30-22(27)15-14-19-12-9-13-20(28-4)23(19)29-5/h6-15H,16-17H2,1-5H3/b15-14+. The molecule has 1 amide bonds. The maximum atomic E-state index is 12.7. The van der Waals surface area contributed by atoms with Crippen molar-refractivity contribution in [3.8, 4) is 11.5 Å². The SMILES string of the molecule is COc1cccc(/C=C/C(=O)OCC(=O)N(Cc2ccccc2)C(C)(C)C)c1OC. The van der Waals surface area contributed by atoms with Crippen LogP contribution in [-0.4, -0.2) is 43.1 Å². The van der Waals surface area contributed by atoms with Gasteiger partial charge in [-0.1, -0.05) is 42.5 Å². The van der Waals surface area contributed by atoms with Gasteiger partial charge in [0.05, 0.1) is 14.2 Å². The van der Waals surface area contributed by atoms with Crippen molar-refractivity contribution in [1.82, 2.24) is 4.90 Å². The molecular formula is C24H29NO5. The van der Waals surface area contributed by atoms with Crippen LogP contribution >= 0.6 is 0 Å². The average molecular weight is 411 g/mol. The molecule has 2 rings (SSSR count). The number of carbonyl (C=O) groups is 2. The highest BCUT2D eigenvalue weighted by molar-refractivity contribution is 5.90. The second-order valence-corrected chi connectivity index (χ2v) is 7.66. The Morgan fingerprint density at radius 3 is 2.27 bits per heavy atom. The van der Waals surface area contributed by atoms with E-state index in [1.165, 1.54) is 13.2 Å². The van der Waals surface area contributed by atoms with Crippen LogP contribution < -0.4 is 9.47 Å². The molecule has 0 atom stereocenters. The minimum absolute atomic E-state index is 0.257. The van der Waals surface area contributed by atoms with E-state index in [1.807, 2.05) is 51.1 Å². The van der Waals surface area contributed by atoms with Gasteiger partial charge in [0.25, 0.3) is 5.91 Å². The Bertz CT molecular complexity index is 884. The van der Waals surface area contributed by atoms with Crippen LogP contribution in [0.5, 0.6) is 11.5 Å². The zero-order valence-corrected chi connectivity index (χ0v) is 18.2. The molecule has 160 valence electrons. The summed E-state index contributed by atoms with van der Waals surface area (Å²) in [5.41, 5.74) is 1.26. The first-order valence-electron chi connectivity index (χ1n) is 9.66. The molecule has 0 radical (unpaired) electrons. The van der Waals surface area contributed by atoms with Gasteiger partial charge in [0.2, 0.25) is 0 Å². The molecule has 0 N–H and O–H groups in total. The van der Waals surface area contributed by atoms with Crippen molar-refractivity contribution < 1.29 is 23.8 Å². The van der Waals surface area contributed by atoms with Crippen molar-refractivity contribution in [2.75, 3.05) is 20.8 Å². The van der Waals surface area contributed by atoms with Crippen LogP contribution in [0, 0.1) is 0 Å². The maximum Gasteiger partial charge on any atom is 0.331 e. The number of benzene rings is 2. The Kier molecular flexibility index (Phi) is 8.04. The largest absolute Gasteiger partial charge is 0.493 e. The fourth-order valence-electron chi connectivity index (χ4n) is 2.93. The van der Waals surface area contributed by atoms with Crippen LogP contribution in [0.4, 0.5) is 0 Å². The summed E-state index contributed by atoms with van der Waals surface area (Å²) >= 11 is 0. The fraction of sp³-hybridized carbons (Fsp3) is 0.333. The molecule has 0 bridgehead atoms. The number of methoxy groups -OCH3 is 2. The first-order valence-corrected chi connectivity index (χ1v) is 9.66. The number of amides is 1. The maximum absolute atomic E-state index is 12.7. The van der Waals surface area contributed by atoms with Crippen molar-refractivity contribution in [3.63, 3.8) is 0 Å². The molecule has 0 aliphatic heterocycles. The Hall–Kier alpha value is -3.28. The van der Waals surface area contributed by atoms with Crippen molar-refractivity contribution in [2.24, 2.45) is 0 Å².